The van der Waals surface area contributed by atoms with Crippen molar-refractivity contribution in [1.82, 2.24) is 24.3 Å². The van der Waals surface area contributed by atoms with Crippen molar-refractivity contribution >= 4 is 33.7 Å². The molecule has 4 aromatic rings. The van der Waals surface area contributed by atoms with Gasteiger partial charge in [-0.1, -0.05) is 12.1 Å². The molecule has 0 aliphatic carbocycles. The van der Waals surface area contributed by atoms with E-state index in [1.54, 1.807) is 17.4 Å². The summed E-state index contributed by atoms with van der Waals surface area (Å²) in [5.74, 6) is 0.543. The fourth-order valence-corrected chi connectivity index (χ4v) is 4.17. The van der Waals surface area contributed by atoms with Crippen molar-refractivity contribution in [1.29, 1.82) is 0 Å². The molecule has 0 bridgehead atoms. The van der Waals surface area contributed by atoms with Crippen LogP contribution in [-0.4, -0.2) is 63.4 Å². The minimum absolute atomic E-state index is 0.247. The number of hydrogen-bond acceptors (Lipinski definition) is 7. The van der Waals surface area contributed by atoms with Crippen LogP contribution in [0.15, 0.2) is 54.4 Å². The largest absolute Gasteiger partial charge is 0.354 e. The molecule has 0 saturated carbocycles. The second-order valence-electron chi connectivity index (χ2n) is 7.30. The van der Waals surface area contributed by atoms with E-state index in [2.05, 4.69) is 37.1 Å². The molecule has 1 fully saturated rings. The number of benzene rings is 1. The molecular formula is C21H21N7OS. The van der Waals surface area contributed by atoms with Gasteiger partial charge < -0.3 is 15.1 Å². The third kappa shape index (κ3) is 3.77. The first kappa shape index (κ1) is 18.7. The highest BCUT2D eigenvalue weighted by atomic mass is 32.1. The molecule has 152 valence electrons. The maximum atomic E-state index is 12.7. The lowest BCUT2D eigenvalue weighted by Gasteiger charge is -2.33. The highest BCUT2D eigenvalue weighted by molar-refractivity contribution is 7.15. The first-order valence-electron chi connectivity index (χ1n) is 9.75. The second kappa shape index (κ2) is 7.85. The normalized spacial score (nSPS) is 14.9. The van der Waals surface area contributed by atoms with Crippen LogP contribution in [0.2, 0.25) is 0 Å². The third-order valence-electron chi connectivity index (χ3n) is 5.24. The number of likely N-dealkylation sites (N-methyl/N-ethyl adjacent to an activating group) is 1. The number of thiazole rings is 1. The Hall–Kier alpha value is -3.30. The van der Waals surface area contributed by atoms with Gasteiger partial charge in [0.15, 0.2) is 4.96 Å². The number of nitrogens with one attached hydrogen (secondary N) is 1. The Morgan fingerprint density at radius 2 is 1.90 bits per heavy atom. The van der Waals surface area contributed by atoms with Gasteiger partial charge in [-0.2, -0.15) is 0 Å². The quantitative estimate of drug-likeness (QED) is 0.548. The summed E-state index contributed by atoms with van der Waals surface area (Å²) in [6.45, 7) is 3.74. The summed E-state index contributed by atoms with van der Waals surface area (Å²) in [4.78, 5) is 31.2. The number of hydrogen-bond donors (Lipinski definition) is 1. The zero-order valence-electron chi connectivity index (χ0n) is 16.5. The van der Waals surface area contributed by atoms with Crippen molar-refractivity contribution in [3.63, 3.8) is 0 Å². The van der Waals surface area contributed by atoms with E-state index in [1.165, 1.54) is 6.33 Å². The number of carbonyl (C=O) groups excluding carboxylic acids is 1. The number of rotatable bonds is 4. The first-order valence-corrected chi connectivity index (χ1v) is 10.6. The van der Waals surface area contributed by atoms with Gasteiger partial charge in [-0.15, -0.1) is 11.3 Å². The average molecular weight is 420 g/mol. The molecule has 30 heavy (non-hydrogen) atoms. The molecule has 0 atom stereocenters. The molecule has 1 N–H and O–H groups in total. The SMILES string of the molecule is CN1CCN(c2cc(C(=O)Nc3ccc(-c4cn5ccsc5n4)cc3)ncn2)CC1. The molecule has 4 heterocycles. The van der Waals surface area contributed by atoms with Crippen LogP contribution in [0.25, 0.3) is 16.2 Å². The third-order valence-corrected chi connectivity index (χ3v) is 6.02. The number of imidazole rings is 1. The lowest BCUT2D eigenvalue weighted by molar-refractivity contribution is 0.102. The Labute approximate surface area is 177 Å². The fraction of sp³-hybridized carbons (Fsp3) is 0.238. The molecule has 8 nitrogen and oxygen atoms in total. The molecule has 0 radical (unpaired) electrons. The summed E-state index contributed by atoms with van der Waals surface area (Å²) in [6, 6.07) is 9.43. The van der Waals surface area contributed by atoms with Crippen molar-refractivity contribution in [2.45, 2.75) is 0 Å². The van der Waals surface area contributed by atoms with Crippen molar-refractivity contribution in [2.24, 2.45) is 0 Å². The smallest absolute Gasteiger partial charge is 0.274 e. The molecule has 1 amide bonds. The molecule has 0 unspecified atom stereocenters. The van der Waals surface area contributed by atoms with Crippen LogP contribution in [0.5, 0.6) is 0 Å². The van der Waals surface area contributed by atoms with Gasteiger partial charge in [-0.05, 0) is 19.2 Å². The Bertz CT molecular complexity index is 1150. The number of nitrogens with zero attached hydrogens (tertiary/aromatic N) is 6. The minimum atomic E-state index is -0.247. The van der Waals surface area contributed by atoms with E-state index < -0.39 is 0 Å². The summed E-state index contributed by atoms with van der Waals surface area (Å²) in [6.07, 6.45) is 5.44. The Balaban J connectivity index is 1.28. The zero-order chi connectivity index (χ0) is 20.5. The maximum Gasteiger partial charge on any atom is 0.274 e. The maximum absolute atomic E-state index is 12.7. The van der Waals surface area contributed by atoms with Gasteiger partial charge in [0.25, 0.3) is 5.91 Å². The minimum Gasteiger partial charge on any atom is -0.354 e. The van der Waals surface area contributed by atoms with E-state index in [9.17, 15) is 4.79 Å². The topological polar surface area (TPSA) is 78.7 Å². The second-order valence-corrected chi connectivity index (χ2v) is 8.18. The van der Waals surface area contributed by atoms with Crippen LogP contribution in [-0.2, 0) is 0 Å². The van der Waals surface area contributed by atoms with E-state index in [0.29, 0.717) is 11.4 Å². The van der Waals surface area contributed by atoms with Gasteiger partial charge in [-0.3, -0.25) is 9.20 Å². The van der Waals surface area contributed by atoms with E-state index in [-0.39, 0.29) is 5.91 Å². The van der Waals surface area contributed by atoms with E-state index in [0.717, 1.165) is 48.2 Å². The van der Waals surface area contributed by atoms with Crippen molar-refractivity contribution < 1.29 is 4.79 Å². The summed E-state index contributed by atoms with van der Waals surface area (Å²) < 4.78 is 2.00. The van der Waals surface area contributed by atoms with Gasteiger partial charge in [0.05, 0.1) is 5.69 Å². The lowest BCUT2D eigenvalue weighted by atomic mass is 10.1. The lowest BCUT2D eigenvalue weighted by Crippen LogP contribution is -2.44. The molecule has 5 rings (SSSR count). The van der Waals surface area contributed by atoms with Crippen LogP contribution < -0.4 is 10.2 Å². The highest BCUT2D eigenvalue weighted by Crippen LogP contribution is 2.23. The van der Waals surface area contributed by atoms with Gasteiger partial charge in [0.2, 0.25) is 0 Å². The van der Waals surface area contributed by atoms with Crippen LogP contribution in [0.1, 0.15) is 10.5 Å². The zero-order valence-corrected chi connectivity index (χ0v) is 17.3. The summed E-state index contributed by atoms with van der Waals surface area (Å²) in [5, 5.41) is 4.92. The highest BCUT2D eigenvalue weighted by Gasteiger charge is 2.17. The molecule has 1 aromatic carbocycles. The Kier molecular flexibility index (Phi) is 4.89. The predicted molar refractivity (Wildman–Crippen MR) is 118 cm³/mol. The molecule has 1 aliphatic rings. The summed E-state index contributed by atoms with van der Waals surface area (Å²) >= 11 is 1.60. The standard InChI is InChI=1S/C21H21N7OS/c1-26-6-8-27(9-7-26)19-12-17(22-14-23-19)20(29)24-16-4-2-15(3-5-16)18-13-28-10-11-30-21(28)25-18/h2-5,10-14H,6-9H2,1H3,(H,24,29). The summed E-state index contributed by atoms with van der Waals surface area (Å²) in [7, 11) is 2.11. The number of anilines is 2. The Morgan fingerprint density at radius 3 is 2.67 bits per heavy atom. The Morgan fingerprint density at radius 1 is 1.10 bits per heavy atom. The summed E-state index contributed by atoms with van der Waals surface area (Å²) in [5.41, 5.74) is 2.98. The van der Waals surface area contributed by atoms with E-state index in [4.69, 9.17) is 0 Å². The van der Waals surface area contributed by atoms with Crippen LogP contribution in [0.4, 0.5) is 11.5 Å². The van der Waals surface area contributed by atoms with Crippen molar-refractivity contribution in [2.75, 3.05) is 43.4 Å². The van der Waals surface area contributed by atoms with E-state index in [1.807, 2.05) is 46.4 Å². The van der Waals surface area contributed by atoms with Gasteiger partial charge in [-0.25, -0.2) is 15.0 Å². The number of fused-ring (bicyclic) bond motifs is 1. The number of aromatic nitrogens is 4. The van der Waals surface area contributed by atoms with Crippen molar-refractivity contribution in [3.8, 4) is 11.3 Å². The predicted octanol–water partition coefficient (Wildman–Crippen LogP) is 2.86. The van der Waals surface area contributed by atoms with Crippen LogP contribution >= 0.6 is 11.3 Å². The van der Waals surface area contributed by atoms with E-state index >= 15 is 0 Å². The number of amides is 1. The molecular weight excluding hydrogens is 398 g/mol. The van der Waals surface area contributed by atoms with Crippen LogP contribution in [0, 0.1) is 0 Å². The fourth-order valence-electron chi connectivity index (χ4n) is 3.47. The first-order chi connectivity index (χ1) is 14.7. The molecule has 1 saturated heterocycles. The molecule has 0 spiro atoms. The molecule has 3 aromatic heterocycles. The van der Waals surface area contributed by atoms with Gasteiger partial charge in [0, 0.05) is 61.3 Å². The monoisotopic (exact) mass is 419 g/mol. The number of carbonyl (C=O) groups is 1. The number of piperazine rings is 1. The van der Waals surface area contributed by atoms with Gasteiger partial charge >= 0.3 is 0 Å². The molecule has 1 aliphatic heterocycles. The van der Waals surface area contributed by atoms with Crippen LogP contribution in [0.3, 0.4) is 0 Å². The van der Waals surface area contributed by atoms with Crippen molar-refractivity contribution in [3.05, 3.63) is 60.1 Å². The molecule has 9 heteroatoms. The van der Waals surface area contributed by atoms with Gasteiger partial charge in [0.1, 0.15) is 17.8 Å². The average Bonchev–Trinajstić information content (AvgIpc) is 3.37.